The fraction of sp³-hybridized carbons (Fsp3) is 1.00. The highest BCUT2D eigenvalue weighted by atomic mass is 16.3. The third-order valence-corrected chi connectivity index (χ3v) is 5.46. The third-order valence-electron chi connectivity index (χ3n) is 5.46. The zero-order valence-electron chi connectivity index (χ0n) is 12.6. The predicted molar refractivity (Wildman–Crippen MR) is 80.0 cm³/mol. The minimum atomic E-state index is -0.286. The van der Waals surface area contributed by atoms with E-state index in [1.54, 1.807) is 0 Å². The highest BCUT2D eigenvalue weighted by Gasteiger charge is 2.38. The Bertz CT molecular complexity index is 265. The molecule has 0 aromatic rings. The van der Waals surface area contributed by atoms with E-state index in [2.05, 4.69) is 11.9 Å². The molecule has 2 aliphatic carbocycles. The number of rotatable bonds is 6. The Kier molecular flexibility index (Phi) is 5.67. The van der Waals surface area contributed by atoms with Crippen LogP contribution < -0.4 is 5.73 Å². The average molecular weight is 268 g/mol. The molecule has 0 bridgehead atoms. The first-order valence-corrected chi connectivity index (χ1v) is 8.22. The Morgan fingerprint density at radius 3 is 2.58 bits per heavy atom. The van der Waals surface area contributed by atoms with Gasteiger partial charge in [-0.25, -0.2) is 0 Å². The lowest BCUT2D eigenvalue weighted by molar-refractivity contribution is 0.143. The quantitative estimate of drug-likeness (QED) is 0.777. The molecular weight excluding hydrogens is 236 g/mol. The first-order valence-electron chi connectivity index (χ1n) is 8.22. The maximum Gasteiger partial charge on any atom is 0.0613 e. The van der Waals surface area contributed by atoms with E-state index in [1.807, 2.05) is 0 Å². The Labute approximate surface area is 118 Å². The summed E-state index contributed by atoms with van der Waals surface area (Å²) in [5, 5.41) is 9.48. The fourth-order valence-electron chi connectivity index (χ4n) is 4.09. The van der Waals surface area contributed by atoms with Gasteiger partial charge in [0, 0.05) is 12.1 Å². The van der Waals surface area contributed by atoms with Gasteiger partial charge in [0.2, 0.25) is 0 Å². The van der Waals surface area contributed by atoms with Crippen LogP contribution in [0.1, 0.15) is 57.8 Å². The molecule has 2 aliphatic rings. The molecule has 2 saturated carbocycles. The van der Waals surface area contributed by atoms with E-state index >= 15 is 0 Å². The van der Waals surface area contributed by atoms with Gasteiger partial charge >= 0.3 is 0 Å². The van der Waals surface area contributed by atoms with Crippen molar-refractivity contribution in [1.29, 1.82) is 0 Å². The molecule has 2 unspecified atom stereocenters. The van der Waals surface area contributed by atoms with Crippen molar-refractivity contribution < 1.29 is 5.11 Å². The molecule has 112 valence electrons. The van der Waals surface area contributed by atoms with Crippen LogP contribution in [0.25, 0.3) is 0 Å². The molecule has 3 nitrogen and oxygen atoms in total. The van der Waals surface area contributed by atoms with Gasteiger partial charge in [-0.1, -0.05) is 25.7 Å². The predicted octanol–water partition coefficient (Wildman–Crippen LogP) is 2.38. The van der Waals surface area contributed by atoms with Gasteiger partial charge in [0.05, 0.1) is 6.61 Å². The van der Waals surface area contributed by atoms with Gasteiger partial charge in [0.25, 0.3) is 0 Å². The molecule has 0 aromatic heterocycles. The van der Waals surface area contributed by atoms with Gasteiger partial charge in [-0.15, -0.1) is 0 Å². The zero-order valence-corrected chi connectivity index (χ0v) is 12.6. The minimum Gasteiger partial charge on any atom is -0.394 e. The van der Waals surface area contributed by atoms with E-state index in [4.69, 9.17) is 5.73 Å². The molecular formula is C16H32N2O. The van der Waals surface area contributed by atoms with Crippen LogP contribution in [0, 0.1) is 11.8 Å². The second kappa shape index (κ2) is 7.05. The Morgan fingerprint density at radius 1 is 1.16 bits per heavy atom. The summed E-state index contributed by atoms with van der Waals surface area (Å²) in [6.07, 6.45) is 11.7. The first-order chi connectivity index (χ1) is 9.14. The average Bonchev–Trinajstić information content (AvgIpc) is 2.80. The van der Waals surface area contributed by atoms with Crippen LogP contribution >= 0.6 is 0 Å². The Hall–Kier alpha value is -0.120. The molecule has 0 radical (unpaired) electrons. The molecule has 0 aromatic carbocycles. The van der Waals surface area contributed by atoms with Crippen LogP contribution in [0.4, 0.5) is 0 Å². The standard InChI is InChI=1S/C16H32N2O/c1-18(12-14-6-3-2-4-7-14)11-9-15-8-5-10-16(15,17)13-19/h14-15,19H,2-13,17H2,1H3. The topological polar surface area (TPSA) is 49.5 Å². The van der Waals surface area contributed by atoms with E-state index in [9.17, 15) is 5.11 Å². The molecule has 3 N–H and O–H groups in total. The van der Waals surface area contributed by atoms with Crippen LogP contribution in [-0.2, 0) is 0 Å². The van der Waals surface area contributed by atoms with Crippen molar-refractivity contribution >= 4 is 0 Å². The monoisotopic (exact) mass is 268 g/mol. The van der Waals surface area contributed by atoms with Gasteiger partial charge in [0.15, 0.2) is 0 Å². The van der Waals surface area contributed by atoms with E-state index < -0.39 is 0 Å². The lowest BCUT2D eigenvalue weighted by Crippen LogP contribution is -2.47. The van der Waals surface area contributed by atoms with Crippen molar-refractivity contribution in [3.8, 4) is 0 Å². The van der Waals surface area contributed by atoms with E-state index in [0.29, 0.717) is 5.92 Å². The van der Waals surface area contributed by atoms with Crippen molar-refractivity contribution in [3.05, 3.63) is 0 Å². The van der Waals surface area contributed by atoms with Crippen molar-refractivity contribution in [3.63, 3.8) is 0 Å². The molecule has 0 saturated heterocycles. The second-order valence-electron chi connectivity index (χ2n) is 7.04. The molecule has 3 heteroatoms. The van der Waals surface area contributed by atoms with Crippen LogP contribution in [-0.4, -0.2) is 42.3 Å². The van der Waals surface area contributed by atoms with Crippen molar-refractivity contribution in [2.45, 2.75) is 63.3 Å². The van der Waals surface area contributed by atoms with Crippen molar-refractivity contribution in [2.75, 3.05) is 26.7 Å². The van der Waals surface area contributed by atoms with Crippen LogP contribution in [0.2, 0.25) is 0 Å². The lowest BCUT2D eigenvalue weighted by Gasteiger charge is -2.32. The summed E-state index contributed by atoms with van der Waals surface area (Å²) >= 11 is 0. The summed E-state index contributed by atoms with van der Waals surface area (Å²) in [5.74, 6) is 1.44. The van der Waals surface area contributed by atoms with E-state index in [1.165, 1.54) is 51.5 Å². The molecule has 19 heavy (non-hydrogen) atoms. The van der Waals surface area contributed by atoms with Crippen LogP contribution in [0.5, 0.6) is 0 Å². The second-order valence-corrected chi connectivity index (χ2v) is 7.04. The van der Waals surface area contributed by atoms with Gasteiger partial charge < -0.3 is 15.7 Å². The molecule has 0 heterocycles. The zero-order chi connectivity index (χ0) is 13.7. The van der Waals surface area contributed by atoms with Gasteiger partial charge in [-0.05, 0) is 57.5 Å². The number of hydrogen-bond donors (Lipinski definition) is 2. The largest absolute Gasteiger partial charge is 0.394 e. The molecule has 2 rings (SSSR count). The molecule has 2 fully saturated rings. The number of nitrogens with two attached hydrogens (primary N) is 1. The minimum absolute atomic E-state index is 0.157. The van der Waals surface area contributed by atoms with E-state index in [-0.39, 0.29) is 12.1 Å². The fourth-order valence-corrected chi connectivity index (χ4v) is 4.09. The molecule has 0 amide bonds. The summed E-state index contributed by atoms with van der Waals surface area (Å²) in [5.41, 5.74) is 6.02. The van der Waals surface area contributed by atoms with Gasteiger partial charge in [-0.2, -0.15) is 0 Å². The lowest BCUT2D eigenvalue weighted by atomic mass is 9.86. The Morgan fingerprint density at radius 2 is 1.89 bits per heavy atom. The maximum atomic E-state index is 9.48. The summed E-state index contributed by atoms with van der Waals surface area (Å²) in [7, 11) is 2.25. The summed E-state index contributed by atoms with van der Waals surface area (Å²) in [6.45, 7) is 2.55. The number of nitrogens with zero attached hydrogens (tertiary/aromatic N) is 1. The van der Waals surface area contributed by atoms with Gasteiger partial charge in [-0.3, -0.25) is 0 Å². The smallest absolute Gasteiger partial charge is 0.0613 e. The number of aliphatic hydroxyl groups excluding tert-OH is 1. The van der Waals surface area contributed by atoms with Crippen molar-refractivity contribution in [1.82, 2.24) is 4.90 Å². The number of aliphatic hydroxyl groups is 1. The highest BCUT2D eigenvalue weighted by molar-refractivity contribution is 4.96. The normalized spacial score (nSPS) is 33.2. The molecule has 0 spiro atoms. The van der Waals surface area contributed by atoms with Gasteiger partial charge in [0.1, 0.15) is 0 Å². The number of hydrogen-bond acceptors (Lipinski definition) is 3. The maximum absolute atomic E-state index is 9.48. The highest BCUT2D eigenvalue weighted by Crippen LogP contribution is 2.35. The third kappa shape index (κ3) is 4.17. The summed E-state index contributed by atoms with van der Waals surface area (Å²) in [6, 6.07) is 0. The van der Waals surface area contributed by atoms with Crippen LogP contribution in [0.15, 0.2) is 0 Å². The first kappa shape index (κ1) is 15.3. The summed E-state index contributed by atoms with van der Waals surface area (Å²) < 4.78 is 0. The van der Waals surface area contributed by atoms with Crippen LogP contribution in [0.3, 0.4) is 0 Å². The SMILES string of the molecule is CN(CCC1CCCC1(N)CO)CC1CCCCC1. The van der Waals surface area contributed by atoms with Crippen molar-refractivity contribution in [2.24, 2.45) is 17.6 Å². The molecule has 0 aliphatic heterocycles. The Balaban J connectivity index is 1.69. The molecule has 2 atom stereocenters. The summed E-state index contributed by atoms with van der Waals surface area (Å²) in [4.78, 5) is 2.49. The van der Waals surface area contributed by atoms with E-state index in [0.717, 1.165) is 25.3 Å².